The van der Waals surface area contributed by atoms with E-state index in [1.54, 1.807) is 0 Å². The first-order chi connectivity index (χ1) is 8.69. The van der Waals surface area contributed by atoms with Gasteiger partial charge in [0.2, 0.25) is 10.0 Å². The summed E-state index contributed by atoms with van der Waals surface area (Å²) in [6.45, 7) is 0. The molecule has 1 rings (SSSR count). The minimum absolute atomic E-state index is 0.300. The Morgan fingerprint density at radius 1 is 1.26 bits per heavy atom. The van der Waals surface area contributed by atoms with Gasteiger partial charge in [0.15, 0.2) is 5.75 Å². The summed E-state index contributed by atoms with van der Waals surface area (Å²) in [6, 6.07) is 4.86. The molecule has 0 heterocycles. The summed E-state index contributed by atoms with van der Waals surface area (Å²) in [5, 5.41) is 17.0. The Bertz CT molecular complexity index is 669. The first kappa shape index (κ1) is 14.8. The number of alkyl halides is 3. The van der Waals surface area contributed by atoms with Crippen LogP contribution in [0.1, 0.15) is 11.1 Å². The predicted molar refractivity (Wildman–Crippen MR) is 59.2 cm³/mol. The first-order valence-corrected chi connectivity index (χ1v) is 6.33. The molecule has 5 nitrogen and oxygen atoms in total. The Kier molecular flexibility index (Phi) is 4.02. The Morgan fingerprint density at radius 3 is 2.37 bits per heavy atom. The molecule has 0 spiro atoms. The molecule has 0 saturated carbocycles. The maximum atomic E-state index is 12.4. The van der Waals surface area contributed by atoms with Gasteiger partial charge in [0, 0.05) is 0 Å². The van der Waals surface area contributed by atoms with E-state index < -0.39 is 33.1 Å². The van der Waals surface area contributed by atoms with Crippen LogP contribution in [0.5, 0.6) is 0 Å². The first-order valence-electron chi connectivity index (χ1n) is 4.68. The van der Waals surface area contributed by atoms with Crippen LogP contribution in [0.2, 0.25) is 0 Å². The second-order valence-electron chi connectivity index (χ2n) is 3.39. The molecule has 0 fully saturated rings. The minimum atomic E-state index is -4.63. The number of halogens is 3. The van der Waals surface area contributed by atoms with E-state index in [0.717, 1.165) is 6.07 Å². The van der Waals surface area contributed by atoms with E-state index in [4.69, 9.17) is 10.5 Å². The van der Waals surface area contributed by atoms with Crippen molar-refractivity contribution in [1.29, 1.82) is 10.5 Å². The normalized spacial score (nSPS) is 11.4. The largest absolute Gasteiger partial charge is 0.416 e. The molecule has 1 N–H and O–H groups in total. The van der Waals surface area contributed by atoms with Crippen molar-refractivity contribution in [3.63, 3.8) is 0 Å². The van der Waals surface area contributed by atoms with Crippen LogP contribution in [0.25, 0.3) is 0 Å². The summed E-state index contributed by atoms with van der Waals surface area (Å²) < 4.78 is 61.7. The zero-order valence-electron chi connectivity index (χ0n) is 9.19. The molecule has 100 valence electrons. The highest BCUT2D eigenvalue weighted by molar-refractivity contribution is 7.92. The molecule has 0 amide bonds. The Balaban J connectivity index is 3.20. The van der Waals surface area contributed by atoms with Crippen molar-refractivity contribution in [3.05, 3.63) is 29.3 Å². The van der Waals surface area contributed by atoms with E-state index in [1.165, 1.54) is 12.1 Å². The van der Waals surface area contributed by atoms with E-state index in [2.05, 4.69) is 0 Å². The molecule has 0 aliphatic carbocycles. The topological polar surface area (TPSA) is 93.8 Å². The van der Waals surface area contributed by atoms with Crippen LogP contribution in [0.3, 0.4) is 0 Å². The summed E-state index contributed by atoms with van der Waals surface area (Å²) in [5.74, 6) is -0.862. The van der Waals surface area contributed by atoms with E-state index in [1.807, 2.05) is 4.72 Å². The second-order valence-corrected chi connectivity index (χ2v) is 5.11. The molecule has 1 aromatic rings. The van der Waals surface area contributed by atoms with Gasteiger partial charge < -0.3 is 0 Å². The molecule has 0 atom stereocenters. The number of anilines is 1. The molecule has 0 aliphatic heterocycles. The third kappa shape index (κ3) is 3.86. The molecule has 9 heteroatoms. The number of nitrogens with zero attached hydrogens (tertiary/aromatic N) is 2. The number of benzene rings is 1. The molecule has 0 radical (unpaired) electrons. The zero-order chi connectivity index (χ0) is 14.7. The van der Waals surface area contributed by atoms with Crippen molar-refractivity contribution in [1.82, 2.24) is 0 Å². The van der Waals surface area contributed by atoms with Gasteiger partial charge in [-0.15, -0.1) is 0 Å². The summed E-state index contributed by atoms with van der Waals surface area (Å²) >= 11 is 0. The fraction of sp³-hybridized carbons (Fsp3) is 0.200. The van der Waals surface area contributed by atoms with E-state index in [-0.39, 0.29) is 5.69 Å². The van der Waals surface area contributed by atoms with Crippen LogP contribution in [0.4, 0.5) is 18.9 Å². The molecule has 19 heavy (non-hydrogen) atoms. The zero-order valence-corrected chi connectivity index (χ0v) is 10.0. The molecule has 0 aromatic heterocycles. The van der Waals surface area contributed by atoms with Crippen molar-refractivity contribution >= 4 is 15.7 Å². The van der Waals surface area contributed by atoms with Crippen LogP contribution >= 0.6 is 0 Å². The number of sulfonamides is 1. The maximum absolute atomic E-state index is 12.4. The highest BCUT2D eigenvalue weighted by atomic mass is 32.2. The van der Waals surface area contributed by atoms with Gasteiger partial charge in [0.05, 0.1) is 22.9 Å². The van der Waals surface area contributed by atoms with Crippen molar-refractivity contribution in [2.24, 2.45) is 0 Å². The summed E-state index contributed by atoms with van der Waals surface area (Å²) in [6.07, 6.45) is -4.63. The highest BCUT2D eigenvalue weighted by Gasteiger charge is 2.31. The van der Waals surface area contributed by atoms with Gasteiger partial charge in [-0.2, -0.15) is 23.7 Å². The van der Waals surface area contributed by atoms with Gasteiger partial charge in [-0.25, -0.2) is 8.42 Å². The van der Waals surface area contributed by atoms with Crippen molar-refractivity contribution in [2.45, 2.75) is 6.18 Å². The van der Waals surface area contributed by atoms with E-state index in [0.29, 0.717) is 12.1 Å². The summed E-state index contributed by atoms with van der Waals surface area (Å²) in [4.78, 5) is 0. The van der Waals surface area contributed by atoms with E-state index >= 15 is 0 Å². The van der Waals surface area contributed by atoms with Crippen LogP contribution in [0.15, 0.2) is 18.2 Å². The standard InChI is InChI=1S/C10H6F3N3O2S/c11-10(12,13)8-1-2-9(7(5-8)6-15)16-19(17,18)4-3-14/h1-2,5,16H,4H2. The van der Waals surface area contributed by atoms with Gasteiger partial charge in [-0.1, -0.05) is 0 Å². The van der Waals surface area contributed by atoms with E-state index in [9.17, 15) is 21.6 Å². The quantitative estimate of drug-likeness (QED) is 0.918. The number of nitrogens with one attached hydrogen (secondary N) is 1. The van der Waals surface area contributed by atoms with Crippen LogP contribution in [-0.4, -0.2) is 14.2 Å². The number of hydrogen-bond acceptors (Lipinski definition) is 4. The predicted octanol–water partition coefficient (Wildman–Crippen LogP) is 1.84. The molecule has 0 saturated heterocycles. The Labute approximate surface area is 106 Å². The fourth-order valence-corrected chi connectivity index (χ4v) is 1.95. The van der Waals surface area contributed by atoms with Gasteiger partial charge in [0.25, 0.3) is 0 Å². The summed E-state index contributed by atoms with van der Waals surface area (Å²) in [5.41, 5.74) is -1.84. The lowest BCUT2D eigenvalue weighted by Gasteiger charge is -2.10. The minimum Gasteiger partial charge on any atom is -0.281 e. The third-order valence-corrected chi connectivity index (χ3v) is 3.03. The molecule has 1 aromatic carbocycles. The fourth-order valence-electron chi connectivity index (χ4n) is 1.19. The SMILES string of the molecule is N#CCS(=O)(=O)Nc1ccc(C(F)(F)F)cc1C#N. The van der Waals surface area contributed by atoms with Gasteiger partial charge in [-0.05, 0) is 18.2 Å². The Hall–Kier alpha value is -2.26. The molecular formula is C10H6F3N3O2S. The van der Waals surface area contributed by atoms with Crippen molar-refractivity contribution in [2.75, 3.05) is 10.5 Å². The smallest absolute Gasteiger partial charge is 0.281 e. The lowest BCUT2D eigenvalue weighted by Crippen LogP contribution is -2.16. The maximum Gasteiger partial charge on any atom is 0.416 e. The molecule has 0 unspecified atom stereocenters. The van der Waals surface area contributed by atoms with Crippen LogP contribution < -0.4 is 4.72 Å². The molecule has 0 bridgehead atoms. The second kappa shape index (κ2) is 5.16. The lowest BCUT2D eigenvalue weighted by molar-refractivity contribution is -0.137. The van der Waals surface area contributed by atoms with Gasteiger partial charge in [-0.3, -0.25) is 4.72 Å². The third-order valence-electron chi connectivity index (χ3n) is 1.99. The van der Waals surface area contributed by atoms with Gasteiger partial charge in [0.1, 0.15) is 6.07 Å². The number of rotatable bonds is 3. The van der Waals surface area contributed by atoms with Crippen LogP contribution in [-0.2, 0) is 16.2 Å². The lowest BCUT2D eigenvalue weighted by atomic mass is 10.1. The van der Waals surface area contributed by atoms with Crippen LogP contribution in [0, 0.1) is 22.7 Å². The van der Waals surface area contributed by atoms with Crippen molar-refractivity contribution in [3.8, 4) is 12.1 Å². The Morgan fingerprint density at radius 2 is 1.89 bits per heavy atom. The number of nitriles is 2. The molecular weight excluding hydrogens is 283 g/mol. The molecule has 0 aliphatic rings. The monoisotopic (exact) mass is 289 g/mol. The highest BCUT2D eigenvalue weighted by Crippen LogP contribution is 2.31. The van der Waals surface area contributed by atoms with Gasteiger partial charge >= 0.3 is 6.18 Å². The average Bonchev–Trinajstić information content (AvgIpc) is 2.27. The van der Waals surface area contributed by atoms with Crippen molar-refractivity contribution < 1.29 is 21.6 Å². The summed E-state index contributed by atoms with van der Waals surface area (Å²) in [7, 11) is -4.01. The number of hydrogen-bond donors (Lipinski definition) is 1. The average molecular weight is 289 g/mol.